The molecule has 4 rings (SSSR count). The second kappa shape index (κ2) is 10.3. The number of non-ortho nitro benzene ring substituents is 1. The Morgan fingerprint density at radius 3 is 2.33 bits per heavy atom. The number of benzene rings is 3. The highest BCUT2D eigenvalue weighted by atomic mass is 32.2. The van der Waals surface area contributed by atoms with Crippen LogP contribution in [0.5, 0.6) is 5.75 Å². The summed E-state index contributed by atoms with van der Waals surface area (Å²) in [4.78, 5) is 23.4. The van der Waals surface area contributed by atoms with Gasteiger partial charge in [-0.3, -0.25) is 19.5 Å². The lowest BCUT2D eigenvalue weighted by Crippen LogP contribution is -2.10. The Morgan fingerprint density at radius 2 is 1.72 bits per heavy atom. The van der Waals surface area contributed by atoms with Crippen LogP contribution in [0, 0.1) is 10.1 Å². The first-order chi connectivity index (χ1) is 17.2. The molecule has 8 nitrogen and oxygen atoms in total. The van der Waals surface area contributed by atoms with Crippen LogP contribution in [0.2, 0.25) is 0 Å². The molecule has 0 unspecified atom stereocenters. The lowest BCUT2D eigenvalue weighted by atomic mass is 9.87. The summed E-state index contributed by atoms with van der Waals surface area (Å²) < 4.78 is 7.19. The number of thioether (sulfide) groups is 1. The summed E-state index contributed by atoms with van der Waals surface area (Å²) in [5.74, 6) is 1.19. The largest absolute Gasteiger partial charge is 0.497 e. The van der Waals surface area contributed by atoms with Gasteiger partial charge >= 0.3 is 0 Å². The lowest BCUT2D eigenvalue weighted by molar-refractivity contribution is -0.384. The number of aromatic nitrogens is 3. The van der Waals surface area contributed by atoms with Crippen molar-refractivity contribution < 1.29 is 14.5 Å². The fraction of sp³-hybridized carbons (Fsp3) is 0.222. The molecular weight excluding hydrogens is 476 g/mol. The number of methoxy groups -OCH3 is 1. The quantitative estimate of drug-likeness (QED) is 0.124. The van der Waals surface area contributed by atoms with E-state index in [1.807, 2.05) is 41.0 Å². The molecule has 1 aromatic heterocycles. The third kappa shape index (κ3) is 5.46. The first-order valence-corrected chi connectivity index (χ1v) is 12.3. The number of hydrogen-bond acceptors (Lipinski definition) is 7. The van der Waals surface area contributed by atoms with Crippen molar-refractivity contribution in [3.8, 4) is 22.8 Å². The highest BCUT2D eigenvalue weighted by Gasteiger charge is 2.20. The molecule has 0 aliphatic heterocycles. The molecule has 0 aliphatic rings. The van der Waals surface area contributed by atoms with Crippen LogP contribution in [-0.2, 0) is 5.41 Å². The van der Waals surface area contributed by atoms with Crippen LogP contribution in [0.25, 0.3) is 17.1 Å². The number of nitrogens with zero attached hydrogens (tertiary/aromatic N) is 4. The second-order valence-corrected chi connectivity index (χ2v) is 10.1. The van der Waals surface area contributed by atoms with Crippen LogP contribution < -0.4 is 4.74 Å². The van der Waals surface area contributed by atoms with Gasteiger partial charge in [0, 0.05) is 28.9 Å². The Labute approximate surface area is 213 Å². The fourth-order valence-corrected chi connectivity index (χ4v) is 4.49. The van der Waals surface area contributed by atoms with Crippen molar-refractivity contribution in [3.63, 3.8) is 0 Å². The topological polar surface area (TPSA) is 100 Å². The van der Waals surface area contributed by atoms with E-state index in [0.717, 1.165) is 17.0 Å². The number of carbonyl (C=O) groups excluding carboxylic acids is 1. The Kier molecular flexibility index (Phi) is 7.21. The van der Waals surface area contributed by atoms with Crippen LogP contribution in [0.3, 0.4) is 0 Å². The van der Waals surface area contributed by atoms with Crippen molar-refractivity contribution in [2.45, 2.75) is 31.3 Å². The van der Waals surface area contributed by atoms with Gasteiger partial charge in [0.15, 0.2) is 16.8 Å². The Balaban J connectivity index is 1.67. The lowest BCUT2D eigenvalue weighted by Gasteiger charge is -2.19. The number of Topliss-reactive ketones (excluding diaryl/α,β-unsaturated/α-hetero) is 1. The molecule has 184 valence electrons. The molecule has 9 heteroatoms. The van der Waals surface area contributed by atoms with E-state index in [1.54, 1.807) is 13.2 Å². The molecule has 0 spiro atoms. The summed E-state index contributed by atoms with van der Waals surface area (Å²) in [6.07, 6.45) is 0. The number of nitro groups is 1. The van der Waals surface area contributed by atoms with E-state index in [9.17, 15) is 14.9 Å². The van der Waals surface area contributed by atoms with Crippen molar-refractivity contribution in [2.24, 2.45) is 0 Å². The molecule has 0 aliphatic carbocycles. The minimum Gasteiger partial charge on any atom is -0.497 e. The average molecular weight is 503 g/mol. The summed E-state index contributed by atoms with van der Waals surface area (Å²) in [5, 5.41) is 20.4. The fourth-order valence-electron chi connectivity index (χ4n) is 3.64. The van der Waals surface area contributed by atoms with Gasteiger partial charge in [0.1, 0.15) is 5.75 Å². The zero-order valence-electron chi connectivity index (χ0n) is 20.5. The first-order valence-electron chi connectivity index (χ1n) is 11.3. The molecule has 36 heavy (non-hydrogen) atoms. The molecule has 0 saturated carbocycles. The van der Waals surface area contributed by atoms with Crippen LogP contribution in [0.15, 0.2) is 78.0 Å². The molecule has 0 bridgehead atoms. The summed E-state index contributed by atoms with van der Waals surface area (Å²) in [6.45, 7) is 6.49. The third-order valence-electron chi connectivity index (χ3n) is 5.68. The molecule has 0 fully saturated rings. The Bertz CT molecular complexity index is 1390. The molecule has 3 aromatic carbocycles. The van der Waals surface area contributed by atoms with E-state index in [4.69, 9.17) is 4.74 Å². The molecule has 1 heterocycles. The summed E-state index contributed by atoms with van der Waals surface area (Å²) in [7, 11) is 1.61. The van der Waals surface area contributed by atoms with Crippen LogP contribution in [-0.4, -0.2) is 38.3 Å². The SMILES string of the molecule is COc1ccc(-n2c(SCC(=O)c3cccc([N+](=O)[O-])c3)nnc2-c2ccc(C(C)(C)C)cc2)cc1. The van der Waals surface area contributed by atoms with Crippen molar-refractivity contribution >= 4 is 23.2 Å². The van der Waals surface area contributed by atoms with E-state index < -0.39 is 4.92 Å². The van der Waals surface area contributed by atoms with E-state index in [2.05, 4.69) is 43.1 Å². The molecule has 0 radical (unpaired) electrons. The van der Waals surface area contributed by atoms with Crippen molar-refractivity contribution in [2.75, 3.05) is 12.9 Å². The number of ketones is 1. The van der Waals surface area contributed by atoms with Gasteiger partial charge in [-0.15, -0.1) is 10.2 Å². The summed E-state index contributed by atoms with van der Waals surface area (Å²) in [5.41, 5.74) is 3.11. The van der Waals surface area contributed by atoms with Crippen LogP contribution >= 0.6 is 11.8 Å². The maximum atomic E-state index is 12.8. The van der Waals surface area contributed by atoms with Gasteiger partial charge in [0.2, 0.25) is 0 Å². The van der Waals surface area contributed by atoms with Gasteiger partial charge in [0.05, 0.1) is 17.8 Å². The molecule has 0 saturated heterocycles. The van der Waals surface area contributed by atoms with Gasteiger partial charge < -0.3 is 4.74 Å². The van der Waals surface area contributed by atoms with Gasteiger partial charge in [-0.05, 0) is 35.2 Å². The molecule has 0 atom stereocenters. The van der Waals surface area contributed by atoms with E-state index in [-0.39, 0.29) is 28.2 Å². The van der Waals surface area contributed by atoms with Gasteiger partial charge in [0.25, 0.3) is 5.69 Å². The summed E-state index contributed by atoms with van der Waals surface area (Å²) >= 11 is 1.23. The number of nitro benzene ring substituents is 1. The minimum absolute atomic E-state index is 0.0239. The zero-order valence-corrected chi connectivity index (χ0v) is 21.3. The second-order valence-electron chi connectivity index (χ2n) is 9.19. The predicted octanol–water partition coefficient (Wildman–Crippen LogP) is 6.12. The molecule has 0 N–H and O–H groups in total. The maximum Gasteiger partial charge on any atom is 0.270 e. The van der Waals surface area contributed by atoms with Gasteiger partial charge in [-0.1, -0.05) is 68.9 Å². The van der Waals surface area contributed by atoms with E-state index in [1.165, 1.54) is 35.5 Å². The normalized spacial score (nSPS) is 11.3. The Morgan fingerprint density at radius 1 is 1.03 bits per heavy atom. The number of carbonyl (C=O) groups is 1. The highest BCUT2D eigenvalue weighted by Crippen LogP contribution is 2.31. The molecule has 0 amide bonds. The van der Waals surface area contributed by atoms with Crippen LogP contribution in [0.4, 0.5) is 5.69 Å². The maximum absolute atomic E-state index is 12.8. The summed E-state index contributed by atoms with van der Waals surface area (Å²) in [6, 6.07) is 21.5. The standard InChI is InChI=1S/C27H26N4O4S/c1-27(2,3)20-10-8-18(9-11-20)25-28-29-26(30(25)21-12-14-23(35-4)15-13-21)36-17-24(32)19-6-5-7-22(16-19)31(33)34/h5-16H,17H2,1-4H3. The molecule has 4 aromatic rings. The van der Waals surface area contributed by atoms with Gasteiger partial charge in [-0.25, -0.2) is 0 Å². The third-order valence-corrected chi connectivity index (χ3v) is 6.61. The monoisotopic (exact) mass is 502 g/mol. The Hall–Kier alpha value is -3.98. The zero-order chi connectivity index (χ0) is 25.9. The first kappa shape index (κ1) is 25.1. The smallest absolute Gasteiger partial charge is 0.270 e. The highest BCUT2D eigenvalue weighted by molar-refractivity contribution is 7.99. The van der Waals surface area contributed by atoms with Crippen molar-refractivity contribution in [1.82, 2.24) is 14.8 Å². The number of ether oxygens (including phenoxy) is 1. The number of rotatable bonds is 8. The van der Waals surface area contributed by atoms with Gasteiger partial charge in [-0.2, -0.15) is 0 Å². The predicted molar refractivity (Wildman–Crippen MR) is 140 cm³/mol. The van der Waals surface area contributed by atoms with E-state index in [0.29, 0.717) is 11.0 Å². The van der Waals surface area contributed by atoms with Crippen molar-refractivity contribution in [1.29, 1.82) is 0 Å². The average Bonchev–Trinajstić information content (AvgIpc) is 3.31. The van der Waals surface area contributed by atoms with Crippen LogP contribution in [0.1, 0.15) is 36.7 Å². The molecular formula is C27H26N4O4S. The minimum atomic E-state index is -0.512. The van der Waals surface area contributed by atoms with Crippen molar-refractivity contribution in [3.05, 3.63) is 94.0 Å². The van der Waals surface area contributed by atoms with E-state index >= 15 is 0 Å². The number of hydrogen-bond donors (Lipinski definition) is 0.